The van der Waals surface area contributed by atoms with Gasteiger partial charge < -0.3 is 0 Å². The highest BCUT2D eigenvalue weighted by atomic mass is 16.2. The van der Waals surface area contributed by atoms with Gasteiger partial charge in [-0.05, 0) is 18.1 Å². The van der Waals surface area contributed by atoms with Crippen molar-refractivity contribution in [1.82, 2.24) is 10.4 Å². The van der Waals surface area contributed by atoms with Crippen LogP contribution in [0.3, 0.4) is 0 Å². The lowest BCUT2D eigenvalue weighted by atomic mass is 10.0. The molecule has 1 aliphatic rings. The van der Waals surface area contributed by atoms with Gasteiger partial charge in [-0.15, -0.1) is 0 Å². The zero-order chi connectivity index (χ0) is 9.97. The molecule has 0 fully saturated rings. The molecule has 0 atom stereocenters. The third-order valence-electron chi connectivity index (χ3n) is 2.31. The van der Waals surface area contributed by atoms with Gasteiger partial charge in [-0.1, -0.05) is 18.2 Å². The summed E-state index contributed by atoms with van der Waals surface area (Å²) >= 11 is 0. The smallest absolute Gasteiger partial charge is 0.272 e. The van der Waals surface area contributed by atoms with Gasteiger partial charge >= 0.3 is 0 Å². The molecule has 14 heavy (non-hydrogen) atoms. The second-order valence-corrected chi connectivity index (χ2v) is 3.11. The topological polar surface area (TPSA) is 49.4 Å². The van der Waals surface area contributed by atoms with Crippen molar-refractivity contribution in [2.75, 3.05) is 6.54 Å². The van der Waals surface area contributed by atoms with Gasteiger partial charge in [0, 0.05) is 12.1 Å². The maximum atomic E-state index is 11.7. The first kappa shape index (κ1) is 8.74. The van der Waals surface area contributed by atoms with Crippen LogP contribution in [0.4, 0.5) is 0 Å². The normalized spacial score (nSPS) is 14.9. The van der Waals surface area contributed by atoms with E-state index in [1.54, 1.807) is 6.07 Å². The van der Waals surface area contributed by atoms with Crippen molar-refractivity contribution in [3.63, 3.8) is 0 Å². The molecule has 0 saturated carbocycles. The molecule has 4 nitrogen and oxygen atoms in total. The van der Waals surface area contributed by atoms with E-state index in [0.717, 1.165) is 12.0 Å². The van der Waals surface area contributed by atoms with E-state index in [4.69, 9.17) is 0 Å². The summed E-state index contributed by atoms with van der Waals surface area (Å²) in [7, 11) is 0. The van der Waals surface area contributed by atoms with Crippen molar-refractivity contribution in [3.05, 3.63) is 35.4 Å². The molecule has 0 radical (unpaired) electrons. The standard InChI is InChI=1S/C10H10N2O2/c13-7-11-12-6-5-8-3-1-2-4-9(8)10(12)14/h1-4,7H,5-6H2,(H,11,13). The second kappa shape index (κ2) is 3.49. The van der Waals surface area contributed by atoms with Crippen molar-refractivity contribution in [2.45, 2.75) is 6.42 Å². The Bertz CT molecular complexity index is 376. The van der Waals surface area contributed by atoms with Crippen LogP contribution in [-0.2, 0) is 11.2 Å². The van der Waals surface area contributed by atoms with Crippen molar-refractivity contribution < 1.29 is 9.59 Å². The van der Waals surface area contributed by atoms with Crippen LogP contribution < -0.4 is 5.43 Å². The first-order valence-electron chi connectivity index (χ1n) is 4.42. The van der Waals surface area contributed by atoms with Crippen LogP contribution in [0.5, 0.6) is 0 Å². The Hall–Kier alpha value is -1.84. The predicted molar refractivity (Wildman–Crippen MR) is 50.4 cm³/mol. The van der Waals surface area contributed by atoms with E-state index < -0.39 is 0 Å². The molecule has 1 heterocycles. The molecule has 0 aliphatic carbocycles. The highest BCUT2D eigenvalue weighted by molar-refractivity contribution is 5.96. The molecular formula is C10H10N2O2. The number of nitrogens with one attached hydrogen (secondary N) is 1. The van der Waals surface area contributed by atoms with Crippen LogP contribution in [0, 0.1) is 0 Å². The maximum Gasteiger partial charge on any atom is 0.272 e. The van der Waals surface area contributed by atoms with E-state index in [9.17, 15) is 9.59 Å². The van der Waals surface area contributed by atoms with Gasteiger partial charge in [0.05, 0.1) is 0 Å². The van der Waals surface area contributed by atoms with Crippen LogP contribution >= 0.6 is 0 Å². The highest BCUT2D eigenvalue weighted by Crippen LogP contribution is 2.16. The molecule has 1 aromatic rings. The van der Waals surface area contributed by atoms with E-state index in [1.165, 1.54) is 5.01 Å². The van der Waals surface area contributed by atoms with Crippen LogP contribution in [0.1, 0.15) is 15.9 Å². The van der Waals surface area contributed by atoms with Crippen LogP contribution in [0.2, 0.25) is 0 Å². The minimum Gasteiger partial charge on any atom is -0.277 e. The van der Waals surface area contributed by atoms with Crippen molar-refractivity contribution in [1.29, 1.82) is 0 Å². The van der Waals surface area contributed by atoms with E-state index in [1.807, 2.05) is 18.2 Å². The van der Waals surface area contributed by atoms with Gasteiger partial charge in [0.25, 0.3) is 5.91 Å². The molecule has 1 aliphatic heterocycles. The number of hydrogen-bond acceptors (Lipinski definition) is 2. The second-order valence-electron chi connectivity index (χ2n) is 3.11. The van der Waals surface area contributed by atoms with Crippen molar-refractivity contribution in [2.24, 2.45) is 0 Å². The van der Waals surface area contributed by atoms with Crippen molar-refractivity contribution in [3.8, 4) is 0 Å². The molecule has 4 heteroatoms. The number of rotatable bonds is 2. The zero-order valence-electron chi connectivity index (χ0n) is 7.56. The number of amides is 2. The van der Waals surface area contributed by atoms with Gasteiger partial charge in [0.15, 0.2) is 0 Å². The molecule has 72 valence electrons. The summed E-state index contributed by atoms with van der Waals surface area (Å²) in [6.07, 6.45) is 1.30. The third kappa shape index (κ3) is 1.35. The minimum atomic E-state index is -0.140. The number of hydrazine groups is 1. The summed E-state index contributed by atoms with van der Waals surface area (Å²) in [4.78, 5) is 21.9. The summed E-state index contributed by atoms with van der Waals surface area (Å²) in [6.45, 7) is 0.536. The van der Waals surface area contributed by atoms with Gasteiger partial charge in [0.1, 0.15) is 0 Å². The molecule has 1 N–H and O–H groups in total. The average molecular weight is 190 g/mol. The number of hydrogen-bond donors (Lipinski definition) is 1. The molecule has 2 rings (SSSR count). The summed E-state index contributed by atoms with van der Waals surface area (Å²) < 4.78 is 0. The van der Waals surface area contributed by atoms with E-state index in [-0.39, 0.29) is 5.91 Å². The molecule has 2 amide bonds. The monoisotopic (exact) mass is 190 g/mol. The molecule has 0 saturated heterocycles. The number of carbonyl (C=O) groups is 2. The number of carbonyl (C=O) groups excluding carboxylic acids is 2. The van der Waals surface area contributed by atoms with Gasteiger partial charge in [-0.2, -0.15) is 0 Å². The molecule has 1 aromatic carbocycles. The lowest BCUT2D eigenvalue weighted by Gasteiger charge is -2.26. The van der Waals surface area contributed by atoms with Gasteiger partial charge in [-0.25, -0.2) is 5.01 Å². The summed E-state index contributed by atoms with van der Waals surface area (Å²) in [5, 5.41) is 1.33. The molecule has 0 aromatic heterocycles. The fraction of sp³-hybridized carbons (Fsp3) is 0.200. The lowest BCUT2D eigenvalue weighted by molar-refractivity contribution is -0.113. The largest absolute Gasteiger partial charge is 0.277 e. The Balaban J connectivity index is 2.31. The molecular weight excluding hydrogens is 180 g/mol. The quantitative estimate of drug-likeness (QED) is 0.684. The van der Waals surface area contributed by atoms with Gasteiger partial charge in [-0.3, -0.25) is 15.0 Å². The Morgan fingerprint density at radius 2 is 2.14 bits per heavy atom. The molecule has 0 spiro atoms. The highest BCUT2D eigenvalue weighted by Gasteiger charge is 2.22. The van der Waals surface area contributed by atoms with Gasteiger partial charge in [0.2, 0.25) is 6.41 Å². The van der Waals surface area contributed by atoms with E-state index >= 15 is 0 Å². The molecule has 0 bridgehead atoms. The Morgan fingerprint density at radius 3 is 2.93 bits per heavy atom. The Morgan fingerprint density at radius 1 is 1.36 bits per heavy atom. The summed E-state index contributed by atoms with van der Waals surface area (Å²) in [6, 6.07) is 7.44. The van der Waals surface area contributed by atoms with Crippen LogP contribution in [0.25, 0.3) is 0 Å². The average Bonchev–Trinajstić information content (AvgIpc) is 2.23. The van der Waals surface area contributed by atoms with E-state index in [0.29, 0.717) is 18.5 Å². The Kier molecular flexibility index (Phi) is 2.18. The Labute approximate surface area is 81.5 Å². The fourth-order valence-electron chi connectivity index (χ4n) is 1.61. The summed E-state index contributed by atoms with van der Waals surface area (Å²) in [5.74, 6) is -0.140. The zero-order valence-corrected chi connectivity index (χ0v) is 7.56. The number of nitrogens with zero attached hydrogens (tertiary/aromatic N) is 1. The summed E-state index contributed by atoms with van der Waals surface area (Å²) in [5.41, 5.74) is 4.10. The van der Waals surface area contributed by atoms with Crippen LogP contribution in [0.15, 0.2) is 24.3 Å². The van der Waals surface area contributed by atoms with Crippen molar-refractivity contribution >= 4 is 12.3 Å². The number of fused-ring (bicyclic) bond motifs is 1. The SMILES string of the molecule is O=CNN1CCc2ccccc2C1=O. The predicted octanol–water partition coefficient (Wildman–Crippen LogP) is 0.346. The maximum absolute atomic E-state index is 11.7. The first-order chi connectivity index (χ1) is 6.83. The lowest BCUT2D eigenvalue weighted by Crippen LogP contribution is -2.46. The molecule has 0 unspecified atom stereocenters. The fourth-order valence-corrected chi connectivity index (χ4v) is 1.61. The van der Waals surface area contributed by atoms with Crippen LogP contribution in [-0.4, -0.2) is 23.9 Å². The number of benzene rings is 1. The van der Waals surface area contributed by atoms with E-state index in [2.05, 4.69) is 5.43 Å². The third-order valence-corrected chi connectivity index (χ3v) is 2.31. The first-order valence-corrected chi connectivity index (χ1v) is 4.42. The minimum absolute atomic E-state index is 0.140.